The van der Waals surface area contributed by atoms with Crippen molar-refractivity contribution >= 4 is 27.8 Å². The number of benzene rings is 2. The van der Waals surface area contributed by atoms with Crippen molar-refractivity contribution < 1.29 is 40.2 Å². The molecule has 1 N–H and O–H groups in total. The van der Waals surface area contributed by atoms with E-state index in [4.69, 9.17) is 9.47 Å². The van der Waals surface area contributed by atoms with Crippen molar-refractivity contribution in [3.63, 3.8) is 0 Å². The molecule has 3 aromatic rings. The second-order valence-electron chi connectivity index (χ2n) is 8.26. The lowest BCUT2D eigenvalue weighted by Crippen LogP contribution is -2.27. The number of alkyl halides is 3. The lowest BCUT2D eigenvalue weighted by atomic mass is 9.85. The maximum absolute atomic E-state index is 13.5. The topological polar surface area (TPSA) is 111 Å². The van der Waals surface area contributed by atoms with Crippen LogP contribution in [0.25, 0.3) is 0 Å². The van der Waals surface area contributed by atoms with Crippen LogP contribution in [0.2, 0.25) is 0 Å². The van der Waals surface area contributed by atoms with Gasteiger partial charge >= 0.3 is 12.3 Å². The fraction of sp³-hybridized carbons (Fsp3) is 0.261. The summed E-state index contributed by atoms with van der Waals surface area (Å²) in [7, 11) is -4.16. The molecule has 0 aliphatic carbocycles. The maximum atomic E-state index is 13.5. The lowest BCUT2D eigenvalue weighted by Gasteiger charge is -2.30. The molecule has 1 amide bonds. The number of carbonyl (C=O) groups excluding carboxylic acids is 1. The first-order valence-electron chi connectivity index (χ1n) is 11.0. The van der Waals surface area contributed by atoms with Crippen LogP contribution in [0.4, 0.5) is 34.0 Å². The first-order chi connectivity index (χ1) is 17.5. The minimum atomic E-state index is -4.62. The van der Waals surface area contributed by atoms with Crippen LogP contribution in [0, 0.1) is 5.82 Å². The van der Waals surface area contributed by atoms with Crippen LogP contribution in [-0.2, 0) is 20.9 Å². The van der Waals surface area contributed by atoms with Gasteiger partial charge in [0.2, 0.25) is 5.95 Å². The zero-order valence-electron chi connectivity index (χ0n) is 18.8. The number of aromatic nitrogens is 2. The van der Waals surface area contributed by atoms with Gasteiger partial charge in [-0.2, -0.15) is 13.2 Å². The van der Waals surface area contributed by atoms with Crippen LogP contribution >= 0.6 is 0 Å². The Morgan fingerprint density at radius 1 is 1.00 bits per heavy atom. The second kappa shape index (κ2) is 9.18. The van der Waals surface area contributed by atoms with Gasteiger partial charge in [-0.05, 0) is 30.2 Å². The van der Waals surface area contributed by atoms with Crippen LogP contribution in [0.3, 0.4) is 0 Å². The highest BCUT2D eigenvalue weighted by molar-refractivity contribution is 7.92. The molecule has 0 saturated carbocycles. The third-order valence-electron chi connectivity index (χ3n) is 5.97. The standard InChI is InChI=1S/C23H18F4N4O5S/c24-14-11-28-21(29-12-14)30-37(33,34)15-2-4-18-16(5-7-35-20(18)10-15)17-3-1-13(23(25,26)27)9-19(17)31-6-8-36-22(31)32/h1-4,9-12,16H,5-8H2,(H,28,29,30). The molecular weight excluding hydrogens is 520 g/mol. The van der Waals surface area contributed by atoms with Gasteiger partial charge in [0.05, 0.1) is 41.7 Å². The maximum Gasteiger partial charge on any atom is 0.416 e. The summed E-state index contributed by atoms with van der Waals surface area (Å²) in [5.74, 6) is -1.33. The monoisotopic (exact) mass is 538 g/mol. The highest BCUT2D eigenvalue weighted by Gasteiger charge is 2.36. The summed E-state index contributed by atoms with van der Waals surface area (Å²) < 4.78 is 91.8. The minimum Gasteiger partial charge on any atom is -0.493 e. The smallest absolute Gasteiger partial charge is 0.416 e. The van der Waals surface area contributed by atoms with Crippen LogP contribution in [-0.4, -0.2) is 44.2 Å². The summed E-state index contributed by atoms with van der Waals surface area (Å²) in [5.41, 5.74) is 0.150. The highest BCUT2D eigenvalue weighted by Crippen LogP contribution is 2.44. The molecule has 194 valence electrons. The number of hydrogen-bond donors (Lipinski definition) is 1. The number of nitrogens with zero attached hydrogens (tertiary/aromatic N) is 3. The number of amides is 1. The van der Waals surface area contributed by atoms with E-state index in [1.807, 2.05) is 0 Å². The van der Waals surface area contributed by atoms with Gasteiger partial charge in [-0.1, -0.05) is 12.1 Å². The molecule has 1 unspecified atom stereocenters. The summed E-state index contributed by atoms with van der Waals surface area (Å²) in [5, 5.41) is 0. The summed E-state index contributed by atoms with van der Waals surface area (Å²) in [6.45, 7) is 0.295. The second-order valence-corrected chi connectivity index (χ2v) is 9.94. The van der Waals surface area contributed by atoms with Crippen LogP contribution in [0.1, 0.15) is 29.0 Å². The molecule has 14 heteroatoms. The molecule has 1 aromatic heterocycles. The van der Waals surface area contributed by atoms with Crippen molar-refractivity contribution in [1.82, 2.24) is 9.97 Å². The Morgan fingerprint density at radius 2 is 1.73 bits per heavy atom. The molecule has 0 bridgehead atoms. The number of fused-ring (bicyclic) bond motifs is 1. The Bertz CT molecular complexity index is 1460. The first kappa shape index (κ1) is 24.7. The highest BCUT2D eigenvalue weighted by atomic mass is 32.2. The Morgan fingerprint density at radius 3 is 2.41 bits per heavy atom. The number of rotatable bonds is 5. The van der Waals surface area contributed by atoms with E-state index in [0.717, 1.165) is 29.4 Å². The summed E-state index contributed by atoms with van der Waals surface area (Å²) >= 11 is 0. The molecule has 1 fully saturated rings. The number of carbonyl (C=O) groups is 1. The van der Waals surface area contributed by atoms with Crippen molar-refractivity contribution in [3.8, 4) is 5.75 Å². The molecule has 1 saturated heterocycles. The number of cyclic esters (lactones) is 1. The Labute approximate surface area is 208 Å². The van der Waals surface area contributed by atoms with Gasteiger partial charge in [0.25, 0.3) is 10.0 Å². The average Bonchev–Trinajstić information content (AvgIpc) is 3.29. The van der Waals surface area contributed by atoms with E-state index in [9.17, 15) is 30.8 Å². The predicted octanol–water partition coefficient (Wildman–Crippen LogP) is 4.31. The molecule has 37 heavy (non-hydrogen) atoms. The SMILES string of the molecule is O=C1OCCN1c1cc(C(F)(F)F)ccc1C1CCOc2cc(S(=O)(=O)Nc3ncc(F)cn3)ccc21. The molecule has 1 atom stereocenters. The van der Waals surface area contributed by atoms with E-state index in [0.29, 0.717) is 17.5 Å². The first-order valence-corrected chi connectivity index (χ1v) is 12.4. The number of halogens is 4. The van der Waals surface area contributed by atoms with Crippen molar-refractivity contribution in [2.24, 2.45) is 0 Å². The Kier molecular flexibility index (Phi) is 6.14. The van der Waals surface area contributed by atoms with Crippen molar-refractivity contribution in [3.05, 3.63) is 71.3 Å². The molecule has 3 heterocycles. The third-order valence-corrected chi connectivity index (χ3v) is 7.29. The van der Waals surface area contributed by atoms with E-state index in [1.54, 1.807) is 0 Å². The van der Waals surface area contributed by atoms with Gasteiger partial charge in [0.15, 0.2) is 5.82 Å². The summed E-state index contributed by atoms with van der Waals surface area (Å²) in [4.78, 5) is 20.4. The minimum absolute atomic E-state index is 0.0465. The van der Waals surface area contributed by atoms with Gasteiger partial charge in [0.1, 0.15) is 12.4 Å². The van der Waals surface area contributed by atoms with Crippen LogP contribution < -0.4 is 14.4 Å². The summed E-state index contributed by atoms with van der Waals surface area (Å²) in [6.07, 6.45) is -3.37. The lowest BCUT2D eigenvalue weighted by molar-refractivity contribution is -0.137. The zero-order chi connectivity index (χ0) is 26.4. The van der Waals surface area contributed by atoms with Crippen LogP contribution in [0.5, 0.6) is 5.75 Å². The number of hydrogen-bond acceptors (Lipinski definition) is 7. The molecule has 0 radical (unpaired) electrons. The molecule has 5 rings (SSSR count). The van der Waals surface area contributed by atoms with Gasteiger partial charge in [-0.15, -0.1) is 0 Å². The zero-order valence-corrected chi connectivity index (χ0v) is 19.6. The number of anilines is 2. The van der Waals surface area contributed by atoms with E-state index in [1.165, 1.54) is 24.3 Å². The third kappa shape index (κ3) is 4.88. The van der Waals surface area contributed by atoms with Gasteiger partial charge in [-0.25, -0.2) is 32.3 Å². The average molecular weight is 538 g/mol. The Hall–Kier alpha value is -3.94. The van der Waals surface area contributed by atoms with E-state index in [2.05, 4.69) is 14.7 Å². The molecule has 2 aromatic carbocycles. The molecule has 0 spiro atoms. The normalized spacial score (nSPS) is 17.7. The Balaban J connectivity index is 1.52. The van der Waals surface area contributed by atoms with Gasteiger partial charge in [-0.3, -0.25) is 4.90 Å². The summed E-state index contributed by atoms with van der Waals surface area (Å²) in [6, 6.07) is 7.27. The van der Waals surface area contributed by atoms with E-state index < -0.39 is 39.6 Å². The molecular formula is C23H18F4N4O5S. The van der Waals surface area contributed by atoms with Gasteiger partial charge in [0, 0.05) is 17.5 Å². The van der Waals surface area contributed by atoms with Crippen LogP contribution in [0.15, 0.2) is 53.7 Å². The quantitative estimate of drug-likeness (QED) is 0.482. The largest absolute Gasteiger partial charge is 0.493 e. The predicted molar refractivity (Wildman–Crippen MR) is 121 cm³/mol. The van der Waals surface area contributed by atoms with Crippen molar-refractivity contribution in [1.29, 1.82) is 0 Å². The van der Waals surface area contributed by atoms with Crippen molar-refractivity contribution in [2.75, 3.05) is 29.4 Å². The molecule has 2 aliphatic rings. The number of ether oxygens (including phenoxy) is 2. The molecule has 9 nitrogen and oxygen atoms in total. The molecule has 2 aliphatic heterocycles. The number of sulfonamides is 1. The fourth-order valence-electron chi connectivity index (χ4n) is 4.26. The number of nitrogens with one attached hydrogen (secondary N) is 1. The van der Waals surface area contributed by atoms with Gasteiger partial charge < -0.3 is 9.47 Å². The van der Waals surface area contributed by atoms with E-state index >= 15 is 0 Å². The van der Waals surface area contributed by atoms with Crippen molar-refractivity contribution in [2.45, 2.75) is 23.4 Å². The fourth-order valence-corrected chi connectivity index (χ4v) is 5.24. The van der Waals surface area contributed by atoms with E-state index in [-0.39, 0.29) is 42.0 Å².